The van der Waals surface area contributed by atoms with Crippen molar-refractivity contribution in [2.24, 2.45) is 0 Å². The largest absolute Gasteiger partial charge is 0.488 e. The first-order valence-electron chi connectivity index (χ1n) is 10.8. The first-order chi connectivity index (χ1) is 14.8. The van der Waals surface area contributed by atoms with Crippen molar-refractivity contribution >= 4 is 22.5 Å². The number of pyridine rings is 1. The fourth-order valence-corrected chi connectivity index (χ4v) is 4.28. The Hall–Kier alpha value is -2.93. The summed E-state index contributed by atoms with van der Waals surface area (Å²) in [5.74, 6) is 1.78. The zero-order valence-electron chi connectivity index (χ0n) is 17.0. The molecule has 2 aliphatic rings. The molecule has 1 saturated heterocycles. The van der Waals surface area contributed by atoms with Gasteiger partial charge in [-0.05, 0) is 43.9 Å². The SMILES string of the molecule is c1ccc(NC2CCC(Oc3cc(N4CCOCC4)cc4nccnc34)CC2)nc1. The second-order valence-corrected chi connectivity index (χ2v) is 7.92. The summed E-state index contributed by atoms with van der Waals surface area (Å²) in [6.45, 7) is 3.27. The molecular weight excluding hydrogens is 378 g/mol. The number of hydrogen-bond donors (Lipinski definition) is 1. The molecule has 7 nitrogen and oxygen atoms in total. The lowest BCUT2D eigenvalue weighted by Crippen LogP contribution is -2.36. The second kappa shape index (κ2) is 8.83. The zero-order chi connectivity index (χ0) is 20.2. The van der Waals surface area contributed by atoms with Gasteiger partial charge in [-0.2, -0.15) is 0 Å². The molecule has 156 valence electrons. The summed E-state index contributed by atoms with van der Waals surface area (Å²) in [6, 6.07) is 10.6. The van der Waals surface area contributed by atoms with Crippen molar-refractivity contribution in [3.05, 3.63) is 48.9 Å². The molecule has 0 unspecified atom stereocenters. The van der Waals surface area contributed by atoms with Gasteiger partial charge in [-0.3, -0.25) is 4.98 Å². The van der Waals surface area contributed by atoms with Crippen LogP contribution in [0.25, 0.3) is 11.0 Å². The minimum atomic E-state index is 0.192. The molecule has 0 radical (unpaired) electrons. The van der Waals surface area contributed by atoms with Crippen LogP contribution in [0.3, 0.4) is 0 Å². The van der Waals surface area contributed by atoms with E-state index in [0.29, 0.717) is 6.04 Å². The van der Waals surface area contributed by atoms with E-state index in [-0.39, 0.29) is 6.10 Å². The molecule has 2 aromatic heterocycles. The van der Waals surface area contributed by atoms with Crippen LogP contribution in [-0.2, 0) is 4.74 Å². The molecule has 7 heteroatoms. The molecule has 30 heavy (non-hydrogen) atoms. The summed E-state index contributed by atoms with van der Waals surface area (Å²) in [6.07, 6.45) is 9.63. The van der Waals surface area contributed by atoms with Gasteiger partial charge in [0.15, 0.2) is 0 Å². The minimum absolute atomic E-state index is 0.192. The van der Waals surface area contributed by atoms with E-state index in [4.69, 9.17) is 9.47 Å². The van der Waals surface area contributed by atoms with Crippen molar-refractivity contribution in [1.82, 2.24) is 15.0 Å². The Kier molecular flexibility index (Phi) is 5.61. The van der Waals surface area contributed by atoms with E-state index in [0.717, 1.165) is 80.3 Å². The van der Waals surface area contributed by atoms with Crippen LogP contribution in [-0.4, -0.2) is 53.4 Å². The Morgan fingerprint density at radius 3 is 2.57 bits per heavy atom. The molecule has 2 fully saturated rings. The van der Waals surface area contributed by atoms with Gasteiger partial charge in [-0.15, -0.1) is 0 Å². The summed E-state index contributed by atoms with van der Waals surface area (Å²) >= 11 is 0. The minimum Gasteiger partial charge on any atom is -0.488 e. The van der Waals surface area contributed by atoms with Crippen molar-refractivity contribution in [3.8, 4) is 5.75 Å². The average molecular weight is 406 g/mol. The Morgan fingerprint density at radius 2 is 1.77 bits per heavy atom. The third kappa shape index (κ3) is 4.31. The summed E-state index contributed by atoms with van der Waals surface area (Å²) in [5, 5.41) is 3.54. The van der Waals surface area contributed by atoms with Crippen molar-refractivity contribution in [3.63, 3.8) is 0 Å². The number of fused-ring (bicyclic) bond motifs is 1. The highest BCUT2D eigenvalue weighted by atomic mass is 16.5. The second-order valence-electron chi connectivity index (χ2n) is 7.92. The summed E-state index contributed by atoms with van der Waals surface area (Å²) < 4.78 is 12.0. The lowest BCUT2D eigenvalue weighted by molar-refractivity contribution is 0.122. The highest BCUT2D eigenvalue weighted by molar-refractivity contribution is 5.85. The van der Waals surface area contributed by atoms with E-state index in [9.17, 15) is 0 Å². The van der Waals surface area contributed by atoms with Gasteiger partial charge < -0.3 is 19.7 Å². The zero-order valence-corrected chi connectivity index (χ0v) is 17.0. The van der Waals surface area contributed by atoms with Crippen molar-refractivity contribution < 1.29 is 9.47 Å². The Morgan fingerprint density at radius 1 is 0.933 bits per heavy atom. The molecule has 0 bridgehead atoms. The van der Waals surface area contributed by atoms with Crippen LogP contribution in [0.15, 0.2) is 48.9 Å². The molecule has 0 amide bonds. The maximum absolute atomic E-state index is 6.49. The molecule has 5 rings (SSSR count). The van der Waals surface area contributed by atoms with E-state index in [1.165, 1.54) is 0 Å². The van der Waals surface area contributed by atoms with E-state index in [1.54, 1.807) is 12.4 Å². The molecule has 1 N–H and O–H groups in total. The maximum atomic E-state index is 6.49. The Bertz CT molecular complexity index is 970. The molecule has 1 saturated carbocycles. The predicted molar refractivity (Wildman–Crippen MR) is 117 cm³/mol. The standard InChI is InChI=1S/C23H27N5O2/c1-2-8-25-22(3-1)27-17-4-6-19(7-5-17)30-21-16-18(28-11-13-29-14-12-28)15-20-23(21)26-10-9-24-20/h1-3,8-10,15-17,19H,4-7,11-14H2,(H,25,27). The van der Waals surface area contributed by atoms with Crippen LogP contribution in [0.5, 0.6) is 5.75 Å². The van der Waals surface area contributed by atoms with Crippen LogP contribution in [0.1, 0.15) is 25.7 Å². The lowest BCUT2D eigenvalue weighted by atomic mass is 9.93. The van der Waals surface area contributed by atoms with E-state index in [1.807, 2.05) is 24.4 Å². The van der Waals surface area contributed by atoms with Crippen LogP contribution in [0, 0.1) is 0 Å². The molecule has 3 heterocycles. The van der Waals surface area contributed by atoms with E-state index in [2.05, 4.69) is 37.3 Å². The van der Waals surface area contributed by atoms with Gasteiger partial charge in [-0.25, -0.2) is 9.97 Å². The molecule has 0 atom stereocenters. The quantitative estimate of drug-likeness (QED) is 0.694. The molecule has 1 aliphatic heterocycles. The van der Waals surface area contributed by atoms with Gasteiger partial charge in [-0.1, -0.05) is 6.07 Å². The van der Waals surface area contributed by atoms with Crippen molar-refractivity contribution in [2.45, 2.75) is 37.8 Å². The fourth-order valence-electron chi connectivity index (χ4n) is 4.28. The third-order valence-electron chi connectivity index (χ3n) is 5.88. The summed E-state index contributed by atoms with van der Waals surface area (Å²) in [5.41, 5.74) is 2.84. The Labute approximate surface area is 176 Å². The van der Waals surface area contributed by atoms with Gasteiger partial charge in [0.25, 0.3) is 0 Å². The monoisotopic (exact) mass is 405 g/mol. The first kappa shape index (κ1) is 19.1. The number of hydrogen-bond acceptors (Lipinski definition) is 7. The number of benzene rings is 1. The first-order valence-corrected chi connectivity index (χ1v) is 10.8. The number of rotatable bonds is 5. The smallest absolute Gasteiger partial charge is 0.149 e. The van der Waals surface area contributed by atoms with Gasteiger partial charge in [0.2, 0.25) is 0 Å². The molecular formula is C23H27N5O2. The van der Waals surface area contributed by atoms with Gasteiger partial charge in [0.1, 0.15) is 17.1 Å². The highest BCUT2D eigenvalue weighted by Crippen LogP contribution is 2.33. The lowest BCUT2D eigenvalue weighted by Gasteiger charge is -2.31. The molecule has 1 aromatic carbocycles. The normalized spacial score (nSPS) is 22.1. The number of aromatic nitrogens is 3. The average Bonchev–Trinajstić information content (AvgIpc) is 2.81. The van der Waals surface area contributed by atoms with Gasteiger partial charge >= 0.3 is 0 Å². The van der Waals surface area contributed by atoms with E-state index < -0.39 is 0 Å². The number of morpholine rings is 1. The summed E-state index contributed by atoms with van der Waals surface area (Å²) in [4.78, 5) is 15.8. The number of nitrogens with zero attached hydrogens (tertiary/aromatic N) is 4. The van der Waals surface area contributed by atoms with Crippen molar-refractivity contribution in [1.29, 1.82) is 0 Å². The predicted octanol–water partition coefficient (Wildman–Crippen LogP) is 3.66. The molecule has 0 spiro atoms. The third-order valence-corrected chi connectivity index (χ3v) is 5.88. The van der Waals surface area contributed by atoms with Crippen LogP contribution in [0.4, 0.5) is 11.5 Å². The van der Waals surface area contributed by atoms with Gasteiger partial charge in [0.05, 0.1) is 24.8 Å². The van der Waals surface area contributed by atoms with Crippen molar-refractivity contribution in [2.75, 3.05) is 36.5 Å². The van der Waals surface area contributed by atoms with Crippen LogP contribution in [0.2, 0.25) is 0 Å². The number of nitrogens with one attached hydrogen (secondary N) is 1. The number of ether oxygens (including phenoxy) is 2. The van der Waals surface area contributed by atoms with Crippen LogP contribution >= 0.6 is 0 Å². The van der Waals surface area contributed by atoms with Gasteiger partial charge in [0, 0.05) is 49.5 Å². The number of anilines is 2. The molecule has 3 aromatic rings. The topological polar surface area (TPSA) is 72.4 Å². The fraction of sp³-hybridized carbons (Fsp3) is 0.435. The summed E-state index contributed by atoms with van der Waals surface area (Å²) in [7, 11) is 0. The van der Waals surface area contributed by atoms with E-state index >= 15 is 0 Å². The molecule has 1 aliphatic carbocycles. The van der Waals surface area contributed by atoms with Crippen LogP contribution < -0.4 is 15.0 Å². The Balaban J connectivity index is 1.29. The highest BCUT2D eigenvalue weighted by Gasteiger charge is 2.24. The maximum Gasteiger partial charge on any atom is 0.149 e.